The first-order chi connectivity index (χ1) is 5.36. The molecule has 1 heteroatoms. The molecule has 0 unspecified atom stereocenters. The maximum Gasteiger partial charge on any atom is 0.126 e. The van der Waals surface area contributed by atoms with Crippen LogP contribution in [0.4, 0.5) is 0 Å². The summed E-state index contributed by atoms with van der Waals surface area (Å²) in [6.45, 7) is 2.17. The average Bonchev–Trinajstić information content (AvgIpc) is 2.07. The first-order valence-electron chi connectivity index (χ1n) is 3.91. The largest absolute Gasteiger partial charge is 0.496 e. The van der Waals surface area contributed by atoms with Gasteiger partial charge in [-0.2, -0.15) is 0 Å². The second kappa shape index (κ2) is 4.02. The lowest BCUT2D eigenvalue weighted by Gasteiger charge is -2.00. The van der Waals surface area contributed by atoms with E-state index in [9.17, 15) is 0 Å². The minimum Gasteiger partial charge on any atom is -0.496 e. The Hall–Kier alpha value is -0.980. The highest BCUT2D eigenvalue weighted by Crippen LogP contribution is 2.11. The van der Waals surface area contributed by atoms with E-state index in [4.69, 9.17) is 4.74 Å². The van der Waals surface area contributed by atoms with Crippen LogP contribution in [0.3, 0.4) is 0 Å². The molecular weight excluding hydrogens is 136 g/mol. The van der Waals surface area contributed by atoms with Crippen LogP contribution in [0, 0.1) is 6.07 Å². The topological polar surface area (TPSA) is 9.23 Å². The highest BCUT2D eigenvalue weighted by Gasteiger charge is 1.91. The fourth-order valence-corrected chi connectivity index (χ4v) is 1.01. The molecule has 11 heavy (non-hydrogen) atoms. The van der Waals surface area contributed by atoms with E-state index in [-0.39, 0.29) is 0 Å². The van der Waals surface area contributed by atoms with Crippen molar-refractivity contribution in [2.45, 2.75) is 19.8 Å². The van der Waals surface area contributed by atoms with Gasteiger partial charge in [0.1, 0.15) is 5.75 Å². The fourth-order valence-electron chi connectivity index (χ4n) is 1.01. The summed E-state index contributed by atoms with van der Waals surface area (Å²) in [5, 5.41) is 0. The van der Waals surface area contributed by atoms with E-state index >= 15 is 0 Å². The van der Waals surface area contributed by atoms with Crippen LogP contribution in [0.25, 0.3) is 0 Å². The van der Waals surface area contributed by atoms with Crippen molar-refractivity contribution in [3.05, 3.63) is 29.8 Å². The molecule has 59 valence electrons. The van der Waals surface area contributed by atoms with E-state index in [1.54, 1.807) is 7.11 Å². The van der Waals surface area contributed by atoms with Crippen molar-refractivity contribution in [2.24, 2.45) is 0 Å². The van der Waals surface area contributed by atoms with Gasteiger partial charge in [0.15, 0.2) is 0 Å². The molecule has 0 bridgehead atoms. The number of rotatable bonds is 3. The van der Waals surface area contributed by atoms with Crippen molar-refractivity contribution in [1.29, 1.82) is 0 Å². The molecule has 0 fully saturated rings. The van der Waals surface area contributed by atoms with Crippen molar-refractivity contribution in [2.75, 3.05) is 7.11 Å². The fraction of sp³-hybridized carbons (Fsp3) is 0.400. The molecule has 0 saturated heterocycles. The predicted octanol–water partition coefficient (Wildman–Crippen LogP) is 2.45. The zero-order chi connectivity index (χ0) is 8.10. The molecule has 0 aromatic heterocycles. The Morgan fingerprint density at radius 2 is 2.27 bits per heavy atom. The Morgan fingerprint density at radius 3 is 2.73 bits per heavy atom. The van der Waals surface area contributed by atoms with Crippen LogP contribution in [-0.4, -0.2) is 7.11 Å². The molecule has 1 aromatic carbocycles. The van der Waals surface area contributed by atoms with Crippen LogP contribution in [0.2, 0.25) is 0 Å². The van der Waals surface area contributed by atoms with Gasteiger partial charge >= 0.3 is 0 Å². The Balaban J connectivity index is 2.66. The summed E-state index contributed by atoms with van der Waals surface area (Å²) < 4.78 is 4.99. The maximum atomic E-state index is 4.99. The van der Waals surface area contributed by atoms with Crippen molar-refractivity contribution in [3.63, 3.8) is 0 Å². The van der Waals surface area contributed by atoms with Crippen LogP contribution in [-0.2, 0) is 6.42 Å². The van der Waals surface area contributed by atoms with E-state index in [1.165, 1.54) is 12.0 Å². The van der Waals surface area contributed by atoms with E-state index in [0.29, 0.717) is 0 Å². The SMILES string of the molecule is CCCc1c[c]c(OC)cc1. The molecule has 0 heterocycles. The van der Waals surface area contributed by atoms with Gasteiger partial charge in [-0.25, -0.2) is 0 Å². The number of methoxy groups -OCH3 is 1. The van der Waals surface area contributed by atoms with E-state index in [1.807, 2.05) is 12.1 Å². The summed E-state index contributed by atoms with van der Waals surface area (Å²) in [6, 6.07) is 9.07. The van der Waals surface area contributed by atoms with Crippen LogP contribution < -0.4 is 4.74 Å². The molecule has 0 saturated carbocycles. The van der Waals surface area contributed by atoms with Gasteiger partial charge in [0.25, 0.3) is 0 Å². The van der Waals surface area contributed by atoms with Crippen LogP contribution in [0.5, 0.6) is 5.75 Å². The number of hydrogen-bond donors (Lipinski definition) is 0. The van der Waals surface area contributed by atoms with Crippen LogP contribution in [0.15, 0.2) is 18.2 Å². The molecule has 1 radical (unpaired) electrons. The Kier molecular flexibility index (Phi) is 2.96. The second-order valence-electron chi connectivity index (χ2n) is 2.52. The third kappa shape index (κ3) is 2.26. The lowest BCUT2D eigenvalue weighted by Crippen LogP contribution is -1.85. The Morgan fingerprint density at radius 1 is 1.45 bits per heavy atom. The van der Waals surface area contributed by atoms with Gasteiger partial charge in [-0.05, 0) is 24.1 Å². The molecule has 0 aliphatic heterocycles. The maximum absolute atomic E-state index is 4.99. The number of hydrogen-bond acceptors (Lipinski definition) is 1. The molecule has 0 aliphatic carbocycles. The molecule has 0 spiro atoms. The molecule has 0 N–H and O–H groups in total. The molecule has 1 rings (SSSR count). The molecular formula is C10H13O. The molecule has 0 amide bonds. The standard InChI is InChI=1S/C10H13O/c1-3-4-9-5-7-10(11-2)8-6-9/h5-7H,3-4H2,1-2H3. The summed E-state index contributed by atoms with van der Waals surface area (Å²) in [6.07, 6.45) is 2.31. The van der Waals surface area contributed by atoms with Crippen molar-refractivity contribution in [1.82, 2.24) is 0 Å². The lowest BCUT2D eigenvalue weighted by molar-refractivity contribution is 0.413. The predicted molar refractivity (Wildman–Crippen MR) is 45.8 cm³/mol. The smallest absolute Gasteiger partial charge is 0.126 e. The van der Waals surface area contributed by atoms with Gasteiger partial charge in [0, 0.05) is 6.07 Å². The van der Waals surface area contributed by atoms with Gasteiger partial charge in [0.2, 0.25) is 0 Å². The summed E-state index contributed by atoms with van der Waals surface area (Å²) >= 11 is 0. The van der Waals surface area contributed by atoms with Gasteiger partial charge in [-0.15, -0.1) is 0 Å². The van der Waals surface area contributed by atoms with Gasteiger partial charge in [-0.3, -0.25) is 0 Å². The summed E-state index contributed by atoms with van der Waals surface area (Å²) in [4.78, 5) is 0. The Labute approximate surface area is 68.0 Å². The summed E-state index contributed by atoms with van der Waals surface area (Å²) in [5.74, 6) is 0.810. The quantitative estimate of drug-likeness (QED) is 0.641. The van der Waals surface area contributed by atoms with Gasteiger partial charge in [0.05, 0.1) is 7.11 Å². The summed E-state index contributed by atoms with van der Waals surface area (Å²) in [5.41, 5.74) is 1.33. The molecule has 1 aromatic rings. The van der Waals surface area contributed by atoms with Gasteiger partial charge < -0.3 is 4.74 Å². The highest BCUT2D eigenvalue weighted by molar-refractivity contribution is 5.25. The molecule has 1 nitrogen and oxygen atoms in total. The number of benzene rings is 1. The average molecular weight is 149 g/mol. The zero-order valence-electron chi connectivity index (χ0n) is 7.05. The van der Waals surface area contributed by atoms with E-state index in [0.717, 1.165) is 12.2 Å². The van der Waals surface area contributed by atoms with Crippen molar-refractivity contribution in [3.8, 4) is 5.75 Å². The first kappa shape index (κ1) is 8.12. The van der Waals surface area contributed by atoms with E-state index < -0.39 is 0 Å². The monoisotopic (exact) mass is 149 g/mol. The minimum absolute atomic E-state index is 0.810. The highest BCUT2D eigenvalue weighted by atomic mass is 16.5. The number of ether oxygens (including phenoxy) is 1. The first-order valence-corrected chi connectivity index (χ1v) is 3.91. The van der Waals surface area contributed by atoms with Crippen LogP contribution >= 0.6 is 0 Å². The lowest BCUT2D eigenvalue weighted by atomic mass is 10.1. The third-order valence-electron chi connectivity index (χ3n) is 1.61. The minimum atomic E-state index is 0.810. The normalized spacial score (nSPS) is 9.64. The van der Waals surface area contributed by atoms with Crippen LogP contribution in [0.1, 0.15) is 18.9 Å². The van der Waals surface area contributed by atoms with Crippen molar-refractivity contribution < 1.29 is 4.74 Å². The Bertz CT molecular complexity index is 201. The summed E-state index contributed by atoms with van der Waals surface area (Å²) in [7, 11) is 1.66. The third-order valence-corrected chi connectivity index (χ3v) is 1.61. The second-order valence-corrected chi connectivity index (χ2v) is 2.52. The zero-order valence-corrected chi connectivity index (χ0v) is 7.05. The van der Waals surface area contributed by atoms with Crippen molar-refractivity contribution >= 4 is 0 Å². The molecule has 0 aliphatic rings. The van der Waals surface area contributed by atoms with E-state index in [2.05, 4.69) is 19.1 Å². The van der Waals surface area contributed by atoms with Gasteiger partial charge in [-0.1, -0.05) is 19.4 Å². The number of aryl methyl sites for hydroxylation is 1. The molecule has 0 atom stereocenters.